The first kappa shape index (κ1) is 8.64. The number of nitrogens with zero attached hydrogens (tertiary/aromatic N) is 3. The molecule has 0 aliphatic carbocycles. The van der Waals surface area contributed by atoms with Gasteiger partial charge in [-0.25, -0.2) is 9.97 Å². The summed E-state index contributed by atoms with van der Waals surface area (Å²) in [7, 11) is 1.90. The summed E-state index contributed by atoms with van der Waals surface area (Å²) in [5.41, 5.74) is 0.503. The molecule has 0 aliphatic rings. The molecule has 12 heavy (non-hydrogen) atoms. The molecular weight excluding hydrogens is 154 g/mol. The van der Waals surface area contributed by atoms with Gasteiger partial charge in [-0.3, -0.25) is 4.79 Å². The average Bonchev–Trinajstić information content (AvgIpc) is 2.17. The third-order valence-corrected chi connectivity index (χ3v) is 1.61. The number of anilines is 1. The molecule has 0 atom stereocenters. The average molecular weight is 165 g/mol. The molecular formula is C8H11N3O. The van der Waals surface area contributed by atoms with Crippen molar-refractivity contribution in [2.75, 3.05) is 18.5 Å². The standard InChI is InChI=1S/C8H11N3O/c1-3-11(2)8-9-4-7(6-12)5-10-8/h4-6H,3H2,1-2H3. The smallest absolute Gasteiger partial charge is 0.225 e. The van der Waals surface area contributed by atoms with Crippen LogP contribution in [0.5, 0.6) is 0 Å². The molecule has 0 saturated carbocycles. The molecule has 64 valence electrons. The van der Waals surface area contributed by atoms with E-state index in [0.717, 1.165) is 12.8 Å². The minimum atomic E-state index is 0.503. The van der Waals surface area contributed by atoms with Gasteiger partial charge in [0.15, 0.2) is 6.29 Å². The molecule has 1 aromatic rings. The van der Waals surface area contributed by atoms with Gasteiger partial charge in [-0.15, -0.1) is 0 Å². The molecule has 0 unspecified atom stereocenters. The molecule has 1 heterocycles. The second-order valence-electron chi connectivity index (χ2n) is 2.45. The van der Waals surface area contributed by atoms with E-state index < -0.39 is 0 Å². The highest BCUT2D eigenvalue weighted by atomic mass is 16.1. The number of hydrogen-bond donors (Lipinski definition) is 0. The lowest BCUT2D eigenvalue weighted by Crippen LogP contribution is -2.18. The fraction of sp³-hybridized carbons (Fsp3) is 0.375. The van der Waals surface area contributed by atoms with Crippen LogP contribution >= 0.6 is 0 Å². The van der Waals surface area contributed by atoms with E-state index in [2.05, 4.69) is 9.97 Å². The maximum Gasteiger partial charge on any atom is 0.225 e. The van der Waals surface area contributed by atoms with E-state index in [9.17, 15) is 4.79 Å². The Kier molecular flexibility index (Phi) is 2.74. The highest BCUT2D eigenvalue weighted by Gasteiger charge is 1.99. The topological polar surface area (TPSA) is 46.1 Å². The van der Waals surface area contributed by atoms with Gasteiger partial charge in [0.2, 0.25) is 5.95 Å². The number of aldehydes is 1. The second kappa shape index (κ2) is 3.80. The van der Waals surface area contributed by atoms with Crippen molar-refractivity contribution >= 4 is 12.2 Å². The lowest BCUT2D eigenvalue weighted by Gasteiger charge is -2.12. The minimum Gasteiger partial charge on any atom is -0.344 e. The van der Waals surface area contributed by atoms with Gasteiger partial charge in [0.1, 0.15) is 0 Å². The number of hydrogen-bond acceptors (Lipinski definition) is 4. The molecule has 0 aliphatic heterocycles. The summed E-state index contributed by atoms with van der Waals surface area (Å²) in [6.45, 7) is 2.86. The Balaban J connectivity index is 2.84. The lowest BCUT2D eigenvalue weighted by molar-refractivity contribution is 0.112. The monoisotopic (exact) mass is 165 g/mol. The third-order valence-electron chi connectivity index (χ3n) is 1.61. The fourth-order valence-electron chi connectivity index (χ4n) is 0.731. The SMILES string of the molecule is CCN(C)c1ncc(C=O)cn1. The first-order valence-corrected chi connectivity index (χ1v) is 3.76. The zero-order valence-corrected chi connectivity index (χ0v) is 7.19. The summed E-state index contributed by atoms with van der Waals surface area (Å²) in [5, 5.41) is 0. The normalized spacial score (nSPS) is 9.50. The van der Waals surface area contributed by atoms with Crippen LogP contribution in [0.3, 0.4) is 0 Å². The molecule has 0 saturated heterocycles. The maximum absolute atomic E-state index is 10.3. The first-order chi connectivity index (χ1) is 5.77. The van der Waals surface area contributed by atoms with Crippen LogP contribution in [0.1, 0.15) is 17.3 Å². The van der Waals surface area contributed by atoms with Gasteiger partial charge < -0.3 is 4.90 Å². The van der Waals surface area contributed by atoms with Gasteiger partial charge in [-0.05, 0) is 6.92 Å². The van der Waals surface area contributed by atoms with E-state index in [-0.39, 0.29) is 0 Å². The van der Waals surface area contributed by atoms with Crippen LogP contribution in [-0.4, -0.2) is 29.8 Å². The Hall–Kier alpha value is -1.45. The molecule has 0 amide bonds. The largest absolute Gasteiger partial charge is 0.344 e. The number of carbonyl (C=O) groups excluding carboxylic acids is 1. The summed E-state index contributed by atoms with van der Waals surface area (Å²) in [6.07, 6.45) is 3.76. The van der Waals surface area contributed by atoms with Gasteiger partial charge in [-0.2, -0.15) is 0 Å². The van der Waals surface area contributed by atoms with Crippen LogP contribution in [0.25, 0.3) is 0 Å². The van der Waals surface area contributed by atoms with Crippen LogP contribution < -0.4 is 4.90 Å². The Morgan fingerprint density at radius 1 is 1.50 bits per heavy atom. The summed E-state index contributed by atoms with van der Waals surface area (Å²) < 4.78 is 0. The second-order valence-corrected chi connectivity index (χ2v) is 2.45. The quantitative estimate of drug-likeness (QED) is 0.620. The summed E-state index contributed by atoms with van der Waals surface area (Å²) >= 11 is 0. The van der Waals surface area contributed by atoms with Crippen molar-refractivity contribution in [3.63, 3.8) is 0 Å². The predicted octanol–water partition coefficient (Wildman–Crippen LogP) is 0.745. The minimum absolute atomic E-state index is 0.503. The molecule has 0 N–H and O–H groups in total. The Bertz CT molecular complexity index is 258. The van der Waals surface area contributed by atoms with Crippen LogP contribution in [-0.2, 0) is 0 Å². The van der Waals surface area contributed by atoms with Crippen molar-refractivity contribution in [1.82, 2.24) is 9.97 Å². The molecule has 1 rings (SSSR count). The molecule has 4 nitrogen and oxygen atoms in total. The van der Waals surface area contributed by atoms with E-state index in [0.29, 0.717) is 11.5 Å². The highest BCUT2D eigenvalue weighted by molar-refractivity contribution is 5.73. The Labute approximate surface area is 71.3 Å². The van der Waals surface area contributed by atoms with Crippen molar-refractivity contribution in [2.45, 2.75) is 6.92 Å². The number of carbonyl (C=O) groups is 1. The predicted molar refractivity (Wildman–Crippen MR) is 46.4 cm³/mol. The zero-order chi connectivity index (χ0) is 8.97. The van der Waals surface area contributed by atoms with Crippen LogP contribution in [0, 0.1) is 0 Å². The van der Waals surface area contributed by atoms with E-state index in [1.165, 1.54) is 12.4 Å². The first-order valence-electron chi connectivity index (χ1n) is 3.76. The number of aromatic nitrogens is 2. The molecule has 0 fully saturated rings. The number of rotatable bonds is 3. The molecule has 0 bridgehead atoms. The van der Waals surface area contributed by atoms with Crippen LogP contribution in [0.15, 0.2) is 12.4 Å². The van der Waals surface area contributed by atoms with Crippen molar-refractivity contribution in [2.24, 2.45) is 0 Å². The van der Waals surface area contributed by atoms with Gasteiger partial charge >= 0.3 is 0 Å². The van der Waals surface area contributed by atoms with E-state index in [1.807, 2.05) is 18.9 Å². The van der Waals surface area contributed by atoms with Crippen LogP contribution in [0.4, 0.5) is 5.95 Å². The van der Waals surface area contributed by atoms with Crippen molar-refractivity contribution < 1.29 is 4.79 Å². The molecule has 0 radical (unpaired) electrons. The summed E-state index contributed by atoms with van der Waals surface area (Å²) in [4.78, 5) is 20.2. The third kappa shape index (κ3) is 1.78. The van der Waals surface area contributed by atoms with E-state index in [4.69, 9.17) is 0 Å². The fourth-order valence-corrected chi connectivity index (χ4v) is 0.731. The Morgan fingerprint density at radius 3 is 2.50 bits per heavy atom. The van der Waals surface area contributed by atoms with Crippen LogP contribution in [0.2, 0.25) is 0 Å². The zero-order valence-electron chi connectivity index (χ0n) is 7.19. The summed E-state index contributed by atoms with van der Waals surface area (Å²) in [6, 6.07) is 0. The van der Waals surface area contributed by atoms with E-state index >= 15 is 0 Å². The van der Waals surface area contributed by atoms with Crippen molar-refractivity contribution in [3.05, 3.63) is 18.0 Å². The van der Waals surface area contributed by atoms with Gasteiger partial charge in [0.05, 0.1) is 5.56 Å². The van der Waals surface area contributed by atoms with Crippen molar-refractivity contribution in [1.29, 1.82) is 0 Å². The molecule has 4 heteroatoms. The lowest BCUT2D eigenvalue weighted by atomic mass is 10.4. The molecule has 1 aromatic heterocycles. The van der Waals surface area contributed by atoms with E-state index in [1.54, 1.807) is 0 Å². The van der Waals surface area contributed by atoms with Gasteiger partial charge in [0.25, 0.3) is 0 Å². The molecule has 0 aromatic carbocycles. The van der Waals surface area contributed by atoms with Gasteiger partial charge in [-0.1, -0.05) is 0 Å². The van der Waals surface area contributed by atoms with Gasteiger partial charge in [0, 0.05) is 26.0 Å². The molecule has 0 spiro atoms. The highest BCUT2D eigenvalue weighted by Crippen LogP contribution is 2.02. The van der Waals surface area contributed by atoms with Crippen molar-refractivity contribution in [3.8, 4) is 0 Å². The maximum atomic E-state index is 10.3. The summed E-state index contributed by atoms with van der Waals surface area (Å²) in [5.74, 6) is 0.642. The Morgan fingerprint density at radius 2 is 2.08 bits per heavy atom.